The van der Waals surface area contributed by atoms with Crippen molar-refractivity contribution in [3.8, 4) is 0 Å². The lowest BCUT2D eigenvalue weighted by atomic mass is 9.96. The quantitative estimate of drug-likeness (QED) is 0.788. The average Bonchev–Trinajstić information content (AvgIpc) is 2.69. The number of aliphatic carboxylic acids is 1. The Morgan fingerprint density at radius 1 is 1.56 bits per heavy atom. The first-order chi connectivity index (χ1) is 7.63. The Morgan fingerprint density at radius 2 is 2.31 bits per heavy atom. The number of aryl methyl sites for hydroxylation is 1. The zero-order chi connectivity index (χ0) is 11.7. The summed E-state index contributed by atoms with van der Waals surface area (Å²) in [6, 6.07) is 5.94. The summed E-state index contributed by atoms with van der Waals surface area (Å²) in [6.07, 6.45) is 3.41. The molecule has 0 aromatic heterocycles. The van der Waals surface area contributed by atoms with E-state index in [9.17, 15) is 4.79 Å². The molecule has 1 unspecified atom stereocenters. The molecule has 2 rings (SSSR count). The maximum absolute atomic E-state index is 10.8. The summed E-state index contributed by atoms with van der Waals surface area (Å²) in [7, 11) is 0. The van der Waals surface area contributed by atoms with Gasteiger partial charge in [-0.3, -0.25) is 0 Å². The summed E-state index contributed by atoms with van der Waals surface area (Å²) >= 11 is 0. The van der Waals surface area contributed by atoms with E-state index in [0.29, 0.717) is 5.92 Å². The molecule has 16 heavy (non-hydrogen) atoms. The SMILES string of the molecule is C=C(C(=O)O)c1ccc2c(c1)CCC2CC. The summed E-state index contributed by atoms with van der Waals surface area (Å²) in [6.45, 7) is 5.79. The van der Waals surface area contributed by atoms with E-state index in [-0.39, 0.29) is 5.57 Å². The molecule has 1 aliphatic rings. The lowest BCUT2D eigenvalue weighted by molar-refractivity contribution is -0.130. The fraction of sp³-hybridized carbons (Fsp3) is 0.357. The number of carbonyl (C=O) groups is 1. The molecule has 0 bridgehead atoms. The summed E-state index contributed by atoms with van der Waals surface area (Å²) in [5.74, 6) is -0.285. The van der Waals surface area contributed by atoms with Crippen LogP contribution in [0.2, 0.25) is 0 Å². The van der Waals surface area contributed by atoms with E-state index in [1.807, 2.05) is 12.1 Å². The number of hydrogen-bond donors (Lipinski definition) is 1. The molecule has 1 N–H and O–H groups in total. The Morgan fingerprint density at radius 3 is 2.94 bits per heavy atom. The van der Waals surface area contributed by atoms with E-state index in [0.717, 1.165) is 18.4 Å². The Kier molecular flexibility index (Phi) is 2.82. The first-order valence-electron chi connectivity index (χ1n) is 5.69. The van der Waals surface area contributed by atoms with Gasteiger partial charge in [0, 0.05) is 0 Å². The molecule has 0 saturated heterocycles. The van der Waals surface area contributed by atoms with Gasteiger partial charge in [0.25, 0.3) is 0 Å². The number of fused-ring (bicyclic) bond motifs is 1. The van der Waals surface area contributed by atoms with Crippen molar-refractivity contribution in [1.29, 1.82) is 0 Å². The van der Waals surface area contributed by atoms with Crippen molar-refractivity contribution in [1.82, 2.24) is 0 Å². The molecule has 2 heteroatoms. The van der Waals surface area contributed by atoms with Crippen LogP contribution >= 0.6 is 0 Å². The maximum atomic E-state index is 10.8. The summed E-state index contributed by atoms with van der Waals surface area (Å²) in [5, 5.41) is 8.88. The Labute approximate surface area is 95.6 Å². The highest BCUT2D eigenvalue weighted by Gasteiger charge is 2.21. The standard InChI is InChI=1S/C14H16O2/c1-3-10-4-5-12-8-11(6-7-13(10)12)9(2)14(15)16/h6-8,10H,2-5H2,1H3,(H,15,16). The predicted octanol–water partition coefficient (Wildman–Crippen LogP) is 3.22. The highest BCUT2D eigenvalue weighted by molar-refractivity contribution is 6.14. The van der Waals surface area contributed by atoms with Crippen molar-refractivity contribution in [3.05, 3.63) is 41.5 Å². The predicted molar refractivity (Wildman–Crippen MR) is 64.5 cm³/mol. The second-order valence-corrected chi connectivity index (χ2v) is 4.34. The van der Waals surface area contributed by atoms with Gasteiger partial charge in [-0.2, -0.15) is 0 Å². The molecule has 0 spiro atoms. The van der Waals surface area contributed by atoms with Crippen molar-refractivity contribution in [2.24, 2.45) is 0 Å². The van der Waals surface area contributed by atoms with E-state index in [1.165, 1.54) is 17.5 Å². The van der Waals surface area contributed by atoms with Crippen molar-refractivity contribution >= 4 is 11.5 Å². The molecule has 1 aromatic rings. The second kappa shape index (κ2) is 4.12. The van der Waals surface area contributed by atoms with Crippen molar-refractivity contribution in [3.63, 3.8) is 0 Å². The normalized spacial score (nSPS) is 18.2. The maximum Gasteiger partial charge on any atom is 0.335 e. The molecule has 2 nitrogen and oxygen atoms in total. The first-order valence-corrected chi connectivity index (χ1v) is 5.69. The lowest BCUT2D eigenvalue weighted by Gasteiger charge is -2.09. The van der Waals surface area contributed by atoms with Gasteiger partial charge < -0.3 is 5.11 Å². The minimum Gasteiger partial charge on any atom is -0.478 e. The van der Waals surface area contributed by atoms with Crippen LogP contribution in [0.4, 0.5) is 0 Å². The largest absolute Gasteiger partial charge is 0.478 e. The van der Waals surface area contributed by atoms with Gasteiger partial charge in [-0.1, -0.05) is 31.7 Å². The van der Waals surface area contributed by atoms with Gasteiger partial charge in [0.2, 0.25) is 0 Å². The zero-order valence-corrected chi connectivity index (χ0v) is 9.49. The molecule has 1 aromatic carbocycles. The zero-order valence-electron chi connectivity index (χ0n) is 9.49. The molecule has 0 amide bonds. The third kappa shape index (κ3) is 1.75. The molecule has 84 valence electrons. The first kappa shape index (κ1) is 10.9. The Hall–Kier alpha value is -1.57. The Balaban J connectivity index is 2.35. The smallest absolute Gasteiger partial charge is 0.335 e. The number of hydrogen-bond acceptors (Lipinski definition) is 1. The van der Waals surface area contributed by atoms with Gasteiger partial charge in [-0.05, 0) is 41.9 Å². The van der Waals surface area contributed by atoms with Crippen LogP contribution in [0.5, 0.6) is 0 Å². The van der Waals surface area contributed by atoms with Crippen molar-refractivity contribution < 1.29 is 9.90 Å². The Bertz CT molecular complexity index is 446. The number of benzene rings is 1. The third-order valence-corrected chi connectivity index (χ3v) is 3.44. The summed E-state index contributed by atoms with van der Waals surface area (Å²) < 4.78 is 0. The third-order valence-electron chi connectivity index (χ3n) is 3.44. The molecule has 1 aliphatic carbocycles. The lowest BCUT2D eigenvalue weighted by Crippen LogP contribution is -1.99. The highest BCUT2D eigenvalue weighted by atomic mass is 16.4. The molecule has 0 aliphatic heterocycles. The molecule has 0 heterocycles. The van der Waals surface area contributed by atoms with Crippen LogP contribution in [0.15, 0.2) is 24.8 Å². The van der Waals surface area contributed by atoms with E-state index < -0.39 is 5.97 Å². The van der Waals surface area contributed by atoms with E-state index in [2.05, 4.69) is 19.6 Å². The van der Waals surface area contributed by atoms with E-state index >= 15 is 0 Å². The molecular formula is C14H16O2. The number of rotatable bonds is 3. The highest BCUT2D eigenvalue weighted by Crippen LogP contribution is 2.36. The average molecular weight is 216 g/mol. The van der Waals surface area contributed by atoms with Crippen LogP contribution in [0.3, 0.4) is 0 Å². The topological polar surface area (TPSA) is 37.3 Å². The van der Waals surface area contributed by atoms with Crippen LogP contribution in [0.1, 0.15) is 42.4 Å². The fourth-order valence-electron chi connectivity index (χ4n) is 2.44. The van der Waals surface area contributed by atoms with Gasteiger partial charge in [-0.15, -0.1) is 0 Å². The van der Waals surface area contributed by atoms with Gasteiger partial charge in [0.1, 0.15) is 0 Å². The monoisotopic (exact) mass is 216 g/mol. The summed E-state index contributed by atoms with van der Waals surface area (Å²) in [4.78, 5) is 10.8. The van der Waals surface area contributed by atoms with Gasteiger partial charge >= 0.3 is 5.97 Å². The van der Waals surface area contributed by atoms with Crippen LogP contribution in [0.25, 0.3) is 5.57 Å². The minimum atomic E-state index is -0.940. The van der Waals surface area contributed by atoms with Crippen molar-refractivity contribution in [2.75, 3.05) is 0 Å². The van der Waals surface area contributed by atoms with Gasteiger partial charge in [0.15, 0.2) is 0 Å². The fourth-order valence-corrected chi connectivity index (χ4v) is 2.44. The van der Waals surface area contributed by atoms with E-state index in [1.54, 1.807) is 0 Å². The second-order valence-electron chi connectivity index (χ2n) is 4.34. The molecule has 0 fully saturated rings. The molecule has 1 atom stereocenters. The van der Waals surface area contributed by atoms with E-state index in [4.69, 9.17) is 5.11 Å². The van der Waals surface area contributed by atoms with Crippen LogP contribution in [-0.2, 0) is 11.2 Å². The van der Waals surface area contributed by atoms with Gasteiger partial charge in [-0.25, -0.2) is 4.79 Å². The molecular weight excluding hydrogens is 200 g/mol. The number of carboxylic acids is 1. The van der Waals surface area contributed by atoms with Crippen LogP contribution < -0.4 is 0 Å². The van der Waals surface area contributed by atoms with Crippen LogP contribution in [-0.4, -0.2) is 11.1 Å². The van der Waals surface area contributed by atoms with Crippen LogP contribution in [0, 0.1) is 0 Å². The van der Waals surface area contributed by atoms with Crippen molar-refractivity contribution in [2.45, 2.75) is 32.1 Å². The summed E-state index contributed by atoms with van der Waals surface area (Å²) in [5.41, 5.74) is 3.61. The number of carboxylic acid groups (broad SMARTS) is 1. The molecule has 0 radical (unpaired) electrons. The molecule has 0 saturated carbocycles. The minimum absolute atomic E-state index is 0.183. The van der Waals surface area contributed by atoms with Gasteiger partial charge in [0.05, 0.1) is 5.57 Å².